The molecule has 0 atom stereocenters. The number of aliphatic hydroxyl groups excluding tert-OH is 2. The van der Waals surface area contributed by atoms with Crippen LogP contribution in [-0.4, -0.2) is 42.9 Å². The predicted molar refractivity (Wildman–Crippen MR) is 49.1 cm³/mol. The van der Waals surface area contributed by atoms with Crippen molar-refractivity contribution >= 4 is 10.0 Å². The third-order valence-corrected chi connectivity index (χ3v) is 3.16. The van der Waals surface area contributed by atoms with Crippen molar-refractivity contribution in [1.29, 1.82) is 0 Å². The van der Waals surface area contributed by atoms with Crippen LogP contribution in [0.25, 0.3) is 0 Å². The van der Waals surface area contributed by atoms with E-state index in [2.05, 4.69) is 9.71 Å². The van der Waals surface area contributed by atoms with Crippen molar-refractivity contribution in [3.05, 3.63) is 18.5 Å². The van der Waals surface area contributed by atoms with Crippen molar-refractivity contribution in [3.8, 4) is 0 Å². The van der Waals surface area contributed by atoms with E-state index in [9.17, 15) is 8.42 Å². The molecule has 0 saturated carbocycles. The lowest BCUT2D eigenvalue weighted by atomic mass is 10.4. The first-order valence-electron chi connectivity index (χ1n) is 3.97. The van der Waals surface area contributed by atoms with E-state index in [4.69, 9.17) is 10.2 Å². The molecule has 0 bridgehead atoms. The van der Waals surface area contributed by atoms with Crippen molar-refractivity contribution in [2.24, 2.45) is 0 Å². The number of aromatic nitrogens is 1. The highest BCUT2D eigenvalue weighted by atomic mass is 32.2. The summed E-state index contributed by atoms with van der Waals surface area (Å²) in [6.07, 6.45) is 2.79. The van der Waals surface area contributed by atoms with Gasteiger partial charge in [-0.25, -0.2) is 13.1 Å². The van der Waals surface area contributed by atoms with Gasteiger partial charge in [0.15, 0.2) is 0 Å². The molecule has 0 aromatic carbocycles. The number of rotatable bonds is 5. The van der Waals surface area contributed by atoms with Gasteiger partial charge in [0.25, 0.3) is 0 Å². The number of aliphatic hydroxyl groups is 2. The van der Waals surface area contributed by atoms with Crippen LogP contribution in [0.2, 0.25) is 0 Å². The highest BCUT2D eigenvalue weighted by molar-refractivity contribution is 7.89. The molecule has 1 aromatic heterocycles. The molecule has 0 aliphatic heterocycles. The third-order valence-electron chi connectivity index (χ3n) is 1.64. The van der Waals surface area contributed by atoms with Crippen molar-refractivity contribution in [2.75, 3.05) is 13.2 Å². The van der Waals surface area contributed by atoms with Crippen LogP contribution in [0, 0.1) is 0 Å². The van der Waals surface area contributed by atoms with Crippen LogP contribution >= 0.6 is 0 Å². The second kappa shape index (κ2) is 4.56. The first-order chi connectivity index (χ1) is 6.60. The van der Waals surface area contributed by atoms with Crippen LogP contribution in [-0.2, 0) is 10.0 Å². The maximum absolute atomic E-state index is 11.5. The zero-order valence-corrected chi connectivity index (χ0v) is 8.16. The average molecular weight is 220 g/mol. The zero-order chi connectivity index (χ0) is 10.6. The Morgan fingerprint density at radius 1 is 1.43 bits per heavy atom. The van der Waals surface area contributed by atoms with E-state index in [1.807, 2.05) is 0 Å². The van der Waals surface area contributed by atoms with Gasteiger partial charge in [-0.2, -0.15) is 0 Å². The zero-order valence-electron chi connectivity index (χ0n) is 7.34. The molecule has 0 aliphatic rings. The molecule has 7 heteroatoms. The first-order valence-corrected chi connectivity index (χ1v) is 5.45. The lowest BCUT2D eigenvalue weighted by molar-refractivity contribution is 0.185. The summed E-state index contributed by atoms with van der Waals surface area (Å²) in [5.41, 5.74) is 0. The quantitative estimate of drug-likeness (QED) is 0.492. The molecule has 6 nitrogen and oxygen atoms in total. The summed E-state index contributed by atoms with van der Waals surface area (Å²) in [5, 5.41) is 17.4. The van der Waals surface area contributed by atoms with Crippen LogP contribution in [0.3, 0.4) is 0 Å². The standard InChI is InChI=1S/C7H12N2O4S/c10-4-6(5-11)9-14(12,13)7-1-2-8-3-7/h1-3,6,8-11H,4-5H2. The summed E-state index contributed by atoms with van der Waals surface area (Å²) < 4.78 is 25.1. The summed E-state index contributed by atoms with van der Waals surface area (Å²) in [6.45, 7) is -0.889. The topological polar surface area (TPSA) is 102 Å². The molecule has 80 valence electrons. The summed E-state index contributed by atoms with van der Waals surface area (Å²) in [4.78, 5) is 2.67. The summed E-state index contributed by atoms with van der Waals surface area (Å²) in [6, 6.07) is 0.517. The Bertz CT molecular complexity index is 355. The van der Waals surface area contributed by atoms with E-state index in [0.717, 1.165) is 0 Å². The predicted octanol–water partition coefficient (Wildman–Crippen LogP) is -1.35. The molecular weight excluding hydrogens is 208 g/mol. The number of aromatic amines is 1. The molecule has 0 aliphatic carbocycles. The Morgan fingerprint density at radius 2 is 2.07 bits per heavy atom. The number of nitrogens with one attached hydrogen (secondary N) is 2. The van der Waals surface area contributed by atoms with Crippen LogP contribution in [0.1, 0.15) is 0 Å². The summed E-state index contributed by atoms with van der Waals surface area (Å²) >= 11 is 0. The monoisotopic (exact) mass is 220 g/mol. The summed E-state index contributed by atoms with van der Waals surface area (Å²) in [7, 11) is -3.64. The minimum absolute atomic E-state index is 0.0735. The van der Waals surface area contributed by atoms with Gasteiger partial charge in [-0.3, -0.25) is 0 Å². The lowest BCUT2D eigenvalue weighted by Crippen LogP contribution is -2.39. The van der Waals surface area contributed by atoms with E-state index in [-0.39, 0.29) is 4.90 Å². The van der Waals surface area contributed by atoms with E-state index in [1.54, 1.807) is 0 Å². The van der Waals surface area contributed by atoms with Gasteiger partial charge in [0.05, 0.1) is 24.2 Å². The van der Waals surface area contributed by atoms with Gasteiger partial charge in [-0.1, -0.05) is 0 Å². The molecule has 0 fully saturated rings. The normalized spacial score (nSPS) is 12.2. The first kappa shape index (κ1) is 11.2. The average Bonchev–Trinajstić information content (AvgIpc) is 2.67. The maximum Gasteiger partial charge on any atom is 0.242 e. The highest BCUT2D eigenvalue weighted by Gasteiger charge is 2.18. The number of hydrogen-bond acceptors (Lipinski definition) is 4. The Hall–Kier alpha value is -0.890. The highest BCUT2D eigenvalue weighted by Crippen LogP contribution is 2.06. The molecule has 4 N–H and O–H groups in total. The van der Waals surface area contributed by atoms with Crippen LogP contribution in [0.5, 0.6) is 0 Å². The fourth-order valence-electron chi connectivity index (χ4n) is 0.895. The number of H-pyrrole nitrogens is 1. The minimum Gasteiger partial charge on any atom is -0.395 e. The molecule has 0 saturated heterocycles. The maximum atomic E-state index is 11.5. The number of sulfonamides is 1. The molecule has 1 heterocycles. The molecule has 1 aromatic rings. The van der Waals surface area contributed by atoms with Crippen molar-refractivity contribution in [3.63, 3.8) is 0 Å². The van der Waals surface area contributed by atoms with Crippen molar-refractivity contribution < 1.29 is 18.6 Å². The van der Waals surface area contributed by atoms with Crippen molar-refractivity contribution in [1.82, 2.24) is 9.71 Å². The van der Waals surface area contributed by atoms with E-state index < -0.39 is 29.3 Å². The SMILES string of the molecule is O=S(=O)(NC(CO)CO)c1cc[nH]c1. The fourth-order valence-corrected chi connectivity index (χ4v) is 2.09. The van der Waals surface area contributed by atoms with Gasteiger partial charge in [-0.15, -0.1) is 0 Å². The Kier molecular flexibility index (Phi) is 3.64. The second-order valence-corrected chi connectivity index (χ2v) is 4.44. The fraction of sp³-hybridized carbons (Fsp3) is 0.429. The lowest BCUT2D eigenvalue weighted by Gasteiger charge is -2.12. The largest absolute Gasteiger partial charge is 0.395 e. The van der Waals surface area contributed by atoms with Crippen LogP contribution in [0.4, 0.5) is 0 Å². The van der Waals surface area contributed by atoms with Crippen LogP contribution < -0.4 is 4.72 Å². The van der Waals surface area contributed by atoms with Gasteiger partial charge >= 0.3 is 0 Å². The number of hydrogen-bond donors (Lipinski definition) is 4. The molecule has 0 amide bonds. The van der Waals surface area contributed by atoms with Gasteiger partial charge in [0, 0.05) is 12.4 Å². The van der Waals surface area contributed by atoms with Crippen LogP contribution in [0.15, 0.2) is 23.4 Å². The molecule has 14 heavy (non-hydrogen) atoms. The van der Waals surface area contributed by atoms with E-state index in [0.29, 0.717) is 0 Å². The second-order valence-electron chi connectivity index (χ2n) is 2.73. The van der Waals surface area contributed by atoms with Gasteiger partial charge in [-0.05, 0) is 6.07 Å². The smallest absolute Gasteiger partial charge is 0.242 e. The Balaban J connectivity index is 2.77. The molecule has 0 unspecified atom stereocenters. The van der Waals surface area contributed by atoms with Gasteiger partial charge in [0.1, 0.15) is 0 Å². The Labute approximate surface area is 81.6 Å². The van der Waals surface area contributed by atoms with Gasteiger partial charge < -0.3 is 15.2 Å². The van der Waals surface area contributed by atoms with E-state index >= 15 is 0 Å². The summed E-state index contributed by atoms with van der Waals surface area (Å²) in [5.74, 6) is 0. The molecule has 0 radical (unpaired) electrons. The third kappa shape index (κ3) is 2.55. The Morgan fingerprint density at radius 3 is 2.50 bits per heavy atom. The van der Waals surface area contributed by atoms with Gasteiger partial charge in [0.2, 0.25) is 10.0 Å². The molecular formula is C7H12N2O4S. The van der Waals surface area contributed by atoms with Crippen molar-refractivity contribution in [2.45, 2.75) is 10.9 Å². The van der Waals surface area contributed by atoms with E-state index in [1.165, 1.54) is 18.5 Å². The molecule has 0 spiro atoms. The molecule has 1 rings (SSSR count). The minimum atomic E-state index is -3.64.